The van der Waals surface area contributed by atoms with Gasteiger partial charge in [-0.1, -0.05) is 6.07 Å². The summed E-state index contributed by atoms with van der Waals surface area (Å²) in [6.45, 7) is 1.87. The summed E-state index contributed by atoms with van der Waals surface area (Å²) in [6.07, 6.45) is 0. The second-order valence-electron chi connectivity index (χ2n) is 4.43. The van der Waals surface area contributed by atoms with E-state index < -0.39 is 0 Å². The molecule has 2 rings (SSSR count). The molecular formula is C15H16N2O3. The van der Waals surface area contributed by atoms with Crippen molar-refractivity contribution < 1.29 is 14.6 Å². The summed E-state index contributed by atoms with van der Waals surface area (Å²) in [5, 5.41) is 12.4. The van der Waals surface area contributed by atoms with E-state index in [1.165, 1.54) is 13.2 Å². The van der Waals surface area contributed by atoms with Crippen LogP contribution in [0, 0.1) is 6.92 Å². The number of amides is 1. The Balaban J connectivity index is 2.30. The monoisotopic (exact) mass is 272 g/mol. The zero-order valence-corrected chi connectivity index (χ0v) is 11.3. The molecule has 0 saturated carbocycles. The Bertz CT molecular complexity index is 654. The number of hydrogen-bond acceptors (Lipinski definition) is 4. The van der Waals surface area contributed by atoms with Crippen molar-refractivity contribution in [2.45, 2.75) is 6.92 Å². The van der Waals surface area contributed by atoms with Gasteiger partial charge < -0.3 is 20.9 Å². The van der Waals surface area contributed by atoms with Gasteiger partial charge in [0.2, 0.25) is 0 Å². The number of rotatable bonds is 3. The van der Waals surface area contributed by atoms with Crippen molar-refractivity contribution in [3.05, 3.63) is 47.5 Å². The van der Waals surface area contributed by atoms with Gasteiger partial charge in [0.1, 0.15) is 11.5 Å². The summed E-state index contributed by atoms with van der Waals surface area (Å²) in [7, 11) is 1.47. The Morgan fingerprint density at radius 3 is 2.70 bits per heavy atom. The number of ether oxygens (including phenoxy) is 1. The molecule has 5 nitrogen and oxygen atoms in total. The average molecular weight is 272 g/mol. The molecule has 0 unspecified atom stereocenters. The molecule has 2 aromatic rings. The maximum atomic E-state index is 12.2. The van der Waals surface area contributed by atoms with E-state index in [1.807, 2.05) is 6.92 Å². The number of anilines is 2. The van der Waals surface area contributed by atoms with Gasteiger partial charge in [0, 0.05) is 11.8 Å². The maximum absolute atomic E-state index is 12.2. The van der Waals surface area contributed by atoms with Crippen LogP contribution in [0.2, 0.25) is 0 Å². The summed E-state index contributed by atoms with van der Waals surface area (Å²) in [4.78, 5) is 12.2. The van der Waals surface area contributed by atoms with Crippen molar-refractivity contribution in [2.75, 3.05) is 18.2 Å². The Morgan fingerprint density at radius 2 is 2.00 bits per heavy atom. The molecule has 0 atom stereocenters. The molecule has 0 saturated heterocycles. The van der Waals surface area contributed by atoms with E-state index in [0.717, 1.165) is 5.56 Å². The van der Waals surface area contributed by atoms with Crippen LogP contribution in [0.4, 0.5) is 11.4 Å². The highest BCUT2D eigenvalue weighted by atomic mass is 16.5. The highest BCUT2D eigenvalue weighted by Gasteiger charge is 2.14. The summed E-state index contributed by atoms with van der Waals surface area (Å²) in [5.74, 6) is 0.0238. The van der Waals surface area contributed by atoms with Crippen molar-refractivity contribution in [3.8, 4) is 11.5 Å². The molecule has 0 aliphatic heterocycles. The van der Waals surface area contributed by atoms with E-state index in [2.05, 4.69) is 5.32 Å². The molecule has 20 heavy (non-hydrogen) atoms. The molecule has 0 radical (unpaired) electrons. The summed E-state index contributed by atoms with van der Waals surface area (Å²) < 4.78 is 5.14. The third kappa shape index (κ3) is 2.83. The highest BCUT2D eigenvalue weighted by Crippen LogP contribution is 2.27. The lowest BCUT2D eigenvalue weighted by Gasteiger charge is -2.11. The number of nitrogen functional groups attached to an aromatic ring is 1. The fourth-order valence-electron chi connectivity index (χ4n) is 1.84. The normalized spacial score (nSPS) is 10.1. The smallest absolute Gasteiger partial charge is 0.259 e. The summed E-state index contributed by atoms with van der Waals surface area (Å²) >= 11 is 0. The van der Waals surface area contributed by atoms with Crippen molar-refractivity contribution in [1.82, 2.24) is 0 Å². The van der Waals surface area contributed by atoms with Crippen LogP contribution in [0.5, 0.6) is 11.5 Å². The lowest BCUT2D eigenvalue weighted by molar-refractivity contribution is 0.102. The van der Waals surface area contributed by atoms with Gasteiger partial charge in [0.15, 0.2) is 0 Å². The van der Waals surface area contributed by atoms with Gasteiger partial charge in [-0.15, -0.1) is 0 Å². The van der Waals surface area contributed by atoms with Crippen molar-refractivity contribution in [2.24, 2.45) is 0 Å². The van der Waals surface area contributed by atoms with E-state index in [0.29, 0.717) is 22.7 Å². The highest BCUT2D eigenvalue weighted by molar-refractivity contribution is 6.07. The van der Waals surface area contributed by atoms with Crippen LogP contribution < -0.4 is 15.8 Å². The van der Waals surface area contributed by atoms with Gasteiger partial charge in [-0.2, -0.15) is 0 Å². The predicted molar refractivity (Wildman–Crippen MR) is 78.2 cm³/mol. The standard InChI is InChI=1S/C15H16N2O3/c1-9-3-6-13(18)12(7-9)17-15(19)11-5-4-10(16)8-14(11)20-2/h3-8,18H,16H2,1-2H3,(H,17,19). The van der Waals surface area contributed by atoms with E-state index in [4.69, 9.17) is 10.5 Å². The molecule has 104 valence electrons. The van der Waals surface area contributed by atoms with Crippen LogP contribution in [-0.2, 0) is 0 Å². The number of phenols is 1. The minimum absolute atomic E-state index is 0.0124. The number of nitrogens with one attached hydrogen (secondary N) is 1. The molecule has 4 N–H and O–H groups in total. The van der Waals surface area contributed by atoms with Crippen LogP contribution >= 0.6 is 0 Å². The second kappa shape index (κ2) is 5.52. The van der Waals surface area contributed by atoms with Gasteiger partial charge in [0.25, 0.3) is 5.91 Å². The van der Waals surface area contributed by atoms with Gasteiger partial charge in [-0.05, 0) is 36.8 Å². The van der Waals surface area contributed by atoms with Crippen LogP contribution in [-0.4, -0.2) is 18.1 Å². The van der Waals surface area contributed by atoms with E-state index in [-0.39, 0.29) is 11.7 Å². The zero-order chi connectivity index (χ0) is 14.7. The number of carbonyl (C=O) groups excluding carboxylic acids is 1. The quantitative estimate of drug-likeness (QED) is 0.592. The fourth-order valence-corrected chi connectivity index (χ4v) is 1.84. The molecule has 0 aliphatic rings. The van der Waals surface area contributed by atoms with E-state index in [1.54, 1.807) is 30.3 Å². The van der Waals surface area contributed by atoms with Crippen LogP contribution in [0.15, 0.2) is 36.4 Å². The molecular weight excluding hydrogens is 256 g/mol. The largest absolute Gasteiger partial charge is 0.506 e. The maximum Gasteiger partial charge on any atom is 0.259 e. The topological polar surface area (TPSA) is 84.6 Å². The SMILES string of the molecule is COc1cc(N)ccc1C(=O)Nc1cc(C)ccc1O. The minimum Gasteiger partial charge on any atom is -0.506 e. The van der Waals surface area contributed by atoms with Crippen molar-refractivity contribution in [3.63, 3.8) is 0 Å². The Kier molecular flexibility index (Phi) is 3.79. The van der Waals surface area contributed by atoms with E-state index >= 15 is 0 Å². The van der Waals surface area contributed by atoms with Gasteiger partial charge in [-0.25, -0.2) is 0 Å². The van der Waals surface area contributed by atoms with Gasteiger partial charge >= 0.3 is 0 Å². The van der Waals surface area contributed by atoms with E-state index in [9.17, 15) is 9.90 Å². The minimum atomic E-state index is -0.372. The third-order valence-electron chi connectivity index (χ3n) is 2.87. The Labute approximate surface area is 117 Å². The molecule has 0 bridgehead atoms. The number of aryl methyl sites for hydroxylation is 1. The predicted octanol–water partition coefficient (Wildman–Crippen LogP) is 2.54. The zero-order valence-electron chi connectivity index (χ0n) is 11.3. The summed E-state index contributed by atoms with van der Waals surface area (Å²) in [6, 6.07) is 9.76. The molecule has 2 aromatic carbocycles. The lowest BCUT2D eigenvalue weighted by atomic mass is 10.1. The van der Waals surface area contributed by atoms with Gasteiger partial charge in [-0.3, -0.25) is 4.79 Å². The number of nitrogens with two attached hydrogens (primary N) is 1. The number of methoxy groups -OCH3 is 1. The summed E-state index contributed by atoms with van der Waals surface area (Å²) in [5.41, 5.74) is 7.80. The average Bonchev–Trinajstić information content (AvgIpc) is 2.42. The Hall–Kier alpha value is -2.69. The lowest BCUT2D eigenvalue weighted by Crippen LogP contribution is -2.13. The number of phenolic OH excluding ortho intramolecular Hbond substituents is 1. The number of hydrogen-bond donors (Lipinski definition) is 3. The number of carbonyl (C=O) groups is 1. The van der Waals surface area contributed by atoms with Crippen molar-refractivity contribution in [1.29, 1.82) is 0 Å². The molecule has 0 aliphatic carbocycles. The fraction of sp³-hybridized carbons (Fsp3) is 0.133. The van der Waals surface area contributed by atoms with Gasteiger partial charge in [0.05, 0.1) is 18.4 Å². The first-order chi connectivity index (χ1) is 9.51. The molecule has 5 heteroatoms. The van der Waals surface area contributed by atoms with Crippen LogP contribution in [0.3, 0.4) is 0 Å². The molecule has 0 spiro atoms. The molecule has 0 fully saturated rings. The molecule has 1 amide bonds. The van der Waals surface area contributed by atoms with Crippen molar-refractivity contribution >= 4 is 17.3 Å². The van der Waals surface area contributed by atoms with Crippen LogP contribution in [0.25, 0.3) is 0 Å². The first kappa shape index (κ1) is 13.7. The second-order valence-corrected chi connectivity index (χ2v) is 4.43. The first-order valence-electron chi connectivity index (χ1n) is 6.05. The third-order valence-corrected chi connectivity index (χ3v) is 2.87. The molecule has 0 heterocycles. The molecule has 0 aromatic heterocycles. The van der Waals surface area contributed by atoms with Crippen LogP contribution in [0.1, 0.15) is 15.9 Å². The Morgan fingerprint density at radius 1 is 1.25 bits per heavy atom. The first-order valence-corrected chi connectivity index (χ1v) is 6.05. The number of aromatic hydroxyl groups is 1. The number of benzene rings is 2.